The van der Waals surface area contributed by atoms with Gasteiger partial charge in [0.1, 0.15) is 18.3 Å². The van der Waals surface area contributed by atoms with E-state index in [0.29, 0.717) is 5.69 Å². The molecule has 0 aliphatic rings. The van der Waals surface area contributed by atoms with E-state index in [2.05, 4.69) is 15.4 Å². The van der Waals surface area contributed by atoms with Crippen LogP contribution in [0.3, 0.4) is 0 Å². The van der Waals surface area contributed by atoms with E-state index in [1.807, 2.05) is 0 Å². The van der Waals surface area contributed by atoms with Crippen molar-refractivity contribution in [3.63, 3.8) is 0 Å². The summed E-state index contributed by atoms with van der Waals surface area (Å²) in [7, 11) is 0. The van der Waals surface area contributed by atoms with Crippen LogP contribution in [0.1, 0.15) is 10.4 Å². The lowest BCUT2D eigenvalue weighted by molar-refractivity contribution is -0.383. The Hall–Kier alpha value is -3.79. The highest BCUT2D eigenvalue weighted by molar-refractivity contribution is 6.31. The van der Waals surface area contributed by atoms with Gasteiger partial charge < -0.3 is 10.1 Å². The molecule has 0 aliphatic heterocycles. The molecule has 1 N–H and O–H groups in total. The molecule has 1 aromatic heterocycles. The molecular formula is C17H12ClN5O5. The lowest BCUT2D eigenvalue weighted by Crippen LogP contribution is -2.21. The zero-order chi connectivity index (χ0) is 20.1. The summed E-state index contributed by atoms with van der Waals surface area (Å²) in [6.45, 7) is -0.608. The van der Waals surface area contributed by atoms with Gasteiger partial charge in [-0.05, 0) is 36.4 Å². The molecule has 3 rings (SSSR count). The topological polar surface area (TPSA) is 129 Å². The molecule has 0 aliphatic carbocycles. The highest BCUT2D eigenvalue weighted by atomic mass is 35.5. The molecule has 0 radical (unpaired) electrons. The van der Waals surface area contributed by atoms with Gasteiger partial charge >= 0.3 is 5.97 Å². The molecule has 11 heteroatoms. The van der Waals surface area contributed by atoms with Gasteiger partial charge in [-0.2, -0.15) is 5.10 Å². The van der Waals surface area contributed by atoms with Crippen molar-refractivity contribution in [3.05, 3.63) is 75.8 Å². The highest BCUT2D eigenvalue weighted by Gasteiger charge is 2.17. The van der Waals surface area contributed by atoms with E-state index >= 15 is 0 Å². The van der Waals surface area contributed by atoms with E-state index in [9.17, 15) is 19.7 Å². The summed E-state index contributed by atoms with van der Waals surface area (Å²) in [4.78, 5) is 38.2. The smallest absolute Gasteiger partial charge is 0.338 e. The number of nitrogens with zero attached hydrogens (tertiary/aromatic N) is 4. The molecule has 142 valence electrons. The average molecular weight is 402 g/mol. The number of esters is 1. The Balaban J connectivity index is 1.59. The Bertz CT molecular complexity index is 1020. The second-order valence-electron chi connectivity index (χ2n) is 5.43. The molecule has 1 amide bonds. The summed E-state index contributed by atoms with van der Waals surface area (Å²) in [5.41, 5.74) is 0.513. The fourth-order valence-electron chi connectivity index (χ4n) is 2.25. The molecule has 28 heavy (non-hydrogen) atoms. The molecule has 0 saturated carbocycles. The van der Waals surface area contributed by atoms with Crippen molar-refractivity contribution in [1.82, 2.24) is 14.8 Å². The van der Waals surface area contributed by atoms with E-state index in [4.69, 9.17) is 16.3 Å². The van der Waals surface area contributed by atoms with Crippen molar-refractivity contribution in [2.75, 3.05) is 11.9 Å². The van der Waals surface area contributed by atoms with Gasteiger partial charge in [0.25, 0.3) is 11.6 Å². The molecule has 3 aromatic rings. The molecule has 0 fully saturated rings. The number of benzene rings is 2. The van der Waals surface area contributed by atoms with Crippen LogP contribution in [-0.4, -0.2) is 38.2 Å². The quantitative estimate of drug-likeness (QED) is 0.381. The number of hydrogen-bond acceptors (Lipinski definition) is 7. The van der Waals surface area contributed by atoms with Gasteiger partial charge in [0.05, 0.1) is 16.2 Å². The van der Waals surface area contributed by atoms with Gasteiger partial charge in [-0.15, -0.1) is 0 Å². The maximum atomic E-state index is 12.1. The molecule has 0 atom stereocenters. The molecule has 0 spiro atoms. The van der Waals surface area contributed by atoms with Gasteiger partial charge in [-0.1, -0.05) is 11.6 Å². The van der Waals surface area contributed by atoms with Crippen molar-refractivity contribution in [2.24, 2.45) is 0 Å². The Morgan fingerprint density at radius 3 is 2.61 bits per heavy atom. The van der Waals surface area contributed by atoms with E-state index in [0.717, 1.165) is 6.07 Å². The molecule has 1 heterocycles. The summed E-state index contributed by atoms with van der Waals surface area (Å²) < 4.78 is 6.45. The molecule has 10 nitrogen and oxygen atoms in total. The fourth-order valence-corrected chi connectivity index (χ4v) is 2.42. The van der Waals surface area contributed by atoms with Crippen LogP contribution in [0, 0.1) is 10.1 Å². The van der Waals surface area contributed by atoms with Crippen LogP contribution in [0.2, 0.25) is 5.02 Å². The number of ether oxygens (including phenoxy) is 1. The number of halogens is 1. The third-order valence-electron chi connectivity index (χ3n) is 3.55. The first-order chi connectivity index (χ1) is 13.4. The Kier molecular flexibility index (Phi) is 5.61. The molecule has 0 unspecified atom stereocenters. The van der Waals surface area contributed by atoms with Crippen molar-refractivity contribution in [2.45, 2.75) is 0 Å². The molecule has 2 aromatic carbocycles. The Morgan fingerprint density at radius 1 is 1.21 bits per heavy atom. The predicted molar refractivity (Wildman–Crippen MR) is 98.4 cm³/mol. The van der Waals surface area contributed by atoms with Crippen molar-refractivity contribution < 1.29 is 19.2 Å². The molecular weight excluding hydrogens is 390 g/mol. The largest absolute Gasteiger partial charge is 0.452 e. The van der Waals surface area contributed by atoms with Crippen LogP contribution < -0.4 is 5.32 Å². The zero-order valence-corrected chi connectivity index (χ0v) is 14.9. The van der Waals surface area contributed by atoms with E-state index < -0.39 is 23.4 Å². The lowest BCUT2D eigenvalue weighted by atomic mass is 10.2. The lowest BCUT2D eigenvalue weighted by Gasteiger charge is -2.08. The van der Waals surface area contributed by atoms with Crippen molar-refractivity contribution in [1.29, 1.82) is 0 Å². The van der Waals surface area contributed by atoms with E-state index in [1.165, 1.54) is 41.6 Å². The molecule has 0 bridgehead atoms. The van der Waals surface area contributed by atoms with Gasteiger partial charge in [0.15, 0.2) is 6.61 Å². The van der Waals surface area contributed by atoms with Crippen molar-refractivity contribution >= 4 is 34.9 Å². The number of anilines is 1. The standard InChI is InChI=1S/C17H12ClN5O5/c18-12-3-6-14(15(7-12)23(26)27)21-16(24)8-28-17(25)11-1-4-13(5-2-11)22-10-19-9-20-22/h1-7,9-10H,8H2,(H,21,24). The number of carbonyl (C=O) groups excluding carboxylic acids is 2. The van der Waals surface area contributed by atoms with Crippen LogP contribution in [0.5, 0.6) is 0 Å². The summed E-state index contributed by atoms with van der Waals surface area (Å²) >= 11 is 5.72. The normalized spacial score (nSPS) is 10.3. The number of hydrogen-bond donors (Lipinski definition) is 1. The maximum Gasteiger partial charge on any atom is 0.338 e. The minimum Gasteiger partial charge on any atom is -0.452 e. The minimum atomic E-state index is -0.724. The maximum absolute atomic E-state index is 12.1. The van der Waals surface area contributed by atoms with Gasteiger partial charge in [-0.25, -0.2) is 14.5 Å². The summed E-state index contributed by atoms with van der Waals surface area (Å²) in [5, 5.41) is 17.5. The number of aromatic nitrogens is 3. The minimum absolute atomic E-state index is 0.0485. The second-order valence-corrected chi connectivity index (χ2v) is 5.87. The predicted octanol–water partition coefficient (Wildman–Crippen LogP) is 2.62. The first-order valence-corrected chi connectivity index (χ1v) is 8.18. The van der Waals surface area contributed by atoms with Gasteiger partial charge in [0.2, 0.25) is 0 Å². The second kappa shape index (κ2) is 8.27. The van der Waals surface area contributed by atoms with Crippen LogP contribution >= 0.6 is 11.6 Å². The van der Waals surface area contributed by atoms with Crippen LogP contribution in [0.15, 0.2) is 55.1 Å². The number of carbonyl (C=O) groups is 2. The van der Waals surface area contributed by atoms with Crippen LogP contribution in [0.4, 0.5) is 11.4 Å². The fraction of sp³-hybridized carbons (Fsp3) is 0.0588. The van der Waals surface area contributed by atoms with E-state index in [-0.39, 0.29) is 22.0 Å². The van der Waals surface area contributed by atoms with Crippen molar-refractivity contribution in [3.8, 4) is 5.69 Å². The van der Waals surface area contributed by atoms with Crippen LogP contribution in [-0.2, 0) is 9.53 Å². The Labute approximate surface area is 162 Å². The Morgan fingerprint density at radius 2 is 1.96 bits per heavy atom. The van der Waals surface area contributed by atoms with Crippen LogP contribution in [0.25, 0.3) is 5.69 Å². The average Bonchev–Trinajstić information content (AvgIpc) is 3.22. The number of rotatable bonds is 6. The first kappa shape index (κ1) is 19.0. The van der Waals surface area contributed by atoms with Gasteiger partial charge in [-0.3, -0.25) is 14.9 Å². The summed E-state index contributed by atoms with van der Waals surface area (Å²) in [6, 6.07) is 10.1. The summed E-state index contributed by atoms with van der Waals surface area (Å²) in [6.07, 6.45) is 2.89. The van der Waals surface area contributed by atoms with Gasteiger partial charge in [0, 0.05) is 11.1 Å². The highest BCUT2D eigenvalue weighted by Crippen LogP contribution is 2.27. The third-order valence-corrected chi connectivity index (χ3v) is 3.79. The third kappa shape index (κ3) is 4.48. The van der Waals surface area contributed by atoms with E-state index in [1.54, 1.807) is 12.1 Å². The number of nitrogens with one attached hydrogen (secondary N) is 1. The SMILES string of the molecule is O=C(COC(=O)c1ccc(-n2cncn2)cc1)Nc1ccc(Cl)cc1[N+](=O)[O-]. The number of amides is 1. The number of nitro groups is 1. The summed E-state index contributed by atoms with van der Waals surface area (Å²) in [5.74, 6) is -1.44. The molecule has 0 saturated heterocycles. The first-order valence-electron chi connectivity index (χ1n) is 7.80. The monoisotopic (exact) mass is 401 g/mol. The number of nitro benzene ring substituents is 1. The zero-order valence-electron chi connectivity index (χ0n) is 14.1.